The second-order valence-corrected chi connectivity index (χ2v) is 11.7. The van der Waals surface area contributed by atoms with E-state index in [9.17, 15) is 18.8 Å². The summed E-state index contributed by atoms with van der Waals surface area (Å²) < 4.78 is 16.8. The van der Waals surface area contributed by atoms with Gasteiger partial charge >= 0.3 is 5.69 Å². The van der Waals surface area contributed by atoms with Gasteiger partial charge in [0.2, 0.25) is 17.8 Å². The van der Waals surface area contributed by atoms with Gasteiger partial charge in [-0.1, -0.05) is 27.7 Å². The first-order valence-corrected chi connectivity index (χ1v) is 13.6. The summed E-state index contributed by atoms with van der Waals surface area (Å²) in [5, 5.41) is 3.41. The number of nitrogens with zero attached hydrogens (tertiary/aromatic N) is 5. The van der Waals surface area contributed by atoms with E-state index in [1.165, 1.54) is 17.0 Å². The van der Waals surface area contributed by atoms with Crippen molar-refractivity contribution < 1.29 is 14.0 Å². The van der Waals surface area contributed by atoms with Gasteiger partial charge in [0.1, 0.15) is 5.82 Å². The van der Waals surface area contributed by atoms with E-state index in [0.717, 1.165) is 25.7 Å². The van der Waals surface area contributed by atoms with Crippen LogP contribution in [0.25, 0.3) is 17.1 Å². The Bertz CT molecular complexity index is 1440. The molecule has 1 saturated carbocycles. The number of benzene rings is 1. The molecular formula is C29H36ClFN6O3. The molecule has 0 spiro atoms. The minimum absolute atomic E-state index is 0. The van der Waals surface area contributed by atoms with Crippen molar-refractivity contribution in [2.45, 2.75) is 78.4 Å². The second-order valence-electron chi connectivity index (χ2n) is 11.7. The summed E-state index contributed by atoms with van der Waals surface area (Å²) in [4.78, 5) is 49.2. The molecule has 1 N–H and O–H groups in total. The topological polar surface area (TPSA) is 102 Å². The number of imidazole rings is 1. The number of halogens is 2. The van der Waals surface area contributed by atoms with Crippen LogP contribution in [0.2, 0.25) is 0 Å². The van der Waals surface area contributed by atoms with Crippen molar-refractivity contribution in [2.24, 2.45) is 11.3 Å². The van der Waals surface area contributed by atoms with Gasteiger partial charge in [-0.25, -0.2) is 19.2 Å². The zero-order valence-electron chi connectivity index (χ0n) is 23.3. The summed E-state index contributed by atoms with van der Waals surface area (Å²) in [6.07, 6.45) is 6.72. The molecule has 0 radical (unpaired) electrons. The Balaban J connectivity index is 0.00000370. The number of nitrogens with one attached hydrogen (secondary N) is 1. The average molecular weight is 571 g/mol. The first-order valence-electron chi connectivity index (χ1n) is 13.6. The third-order valence-electron chi connectivity index (χ3n) is 7.58. The standard InChI is InChI=1S/C29H35FN6O3.ClH/c1-18(2)16-34-17-24(35(28(34)39)21-9-5-19(30)6-10-21)23-13-14-31-27(33-23)32-20-7-11-22(12-8-20)36-25(37)15-29(3,4)26(36)38;/h5-6,9-10,13-14,17-18,20,22H,7-8,11-12,15-16H2,1-4H3,(H,31,32,33);1H. The molecule has 0 atom stereocenters. The predicted molar refractivity (Wildman–Crippen MR) is 153 cm³/mol. The van der Waals surface area contributed by atoms with E-state index in [-0.39, 0.29) is 60.2 Å². The summed E-state index contributed by atoms with van der Waals surface area (Å²) in [6.45, 7) is 8.28. The number of carbonyl (C=O) groups is 2. The zero-order valence-corrected chi connectivity index (χ0v) is 24.1. The van der Waals surface area contributed by atoms with Crippen LogP contribution in [0.15, 0.2) is 47.5 Å². The highest BCUT2D eigenvalue weighted by Gasteiger charge is 2.48. The number of amides is 2. The molecule has 0 bridgehead atoms. The highest BCUT2D eigenvalue weighted by molar-refractivity contribution is 6.05. The van der Waals surface area contributed by atoms with E-state index < -0.39 is 5.41 Å². The molecule has 11 heteroatoms. The SMILES string of the molecule is CC(C)Cn1cc(-c2ccnc(NC3CCC(N4C(=O)CC(C)(C)C4=O)CC3)n2)n(-c2ccc(F)cc2)c1=O.Cl. The molecule has 5 rings (SSSR count). The molecule has 1 aliphatic carbocycles. The summed E-state index contributed by atoms with van der Waals surface area (Å²) in [5.74, 6) is 0.181. The minimum atomic E-state index is -0.622. The monoisotopic (exact) mass is 570 g/mol. The van der Waals surface area contributed by atoms with Crippen LogP contribution >= 0.6 is 12.4 Å². The molecule has 40 heavy (non-hydrogen) atoms. The molecule has 2 amide bonds. The molecule has 2 aromatic heterocycles. The third kappa shape index (κ3) is 5.82. The Morgan fingerprint density at radius 2 is 1.73 bits per heavy atom. The Labute approximate surface area is 239 Å². The van der Waals surface area contributed by atoms with Crippen LogP contribution < -0.4 is 11.0 Å². The van der Waals surface area contributed by atoms with E-state index in [2.05, 4.69) is 10.3 Å². The molecule has 2 fully saturated rings. The zero-order chi connectivity index (χ0) is 27.9. The molecule has 214 valence electrons. The highest BCUT2D eigenvalue weighted by Crippen LogP contribution is 2.36. The number of rotatable bonds is 7. The summed E-state index contributed by atoms with van der Waals surface area (Å²) >= 11 is 0. The van der Waals surface area contributed by atoms with Gasteiger partial charge in [0.15, 0.2) is 0 Å². The Hall–Kier alpha value is -3.53. The largest absolute Gasteiger partial charge is 0.351 e. The number of likely N-dealkylation sites (tertiary alicyclic amines) is 1. The number of imide groups is 1. The van der Waals surface area contributed by atoms with Crippen LogP contribution in [0.4, 0.5) is 10.3 Å². The van der Waals surface area contributed by atoms with Crippen LogP contribution in [0.1, 0.15) is 59.8 Å². The first-order chi connectivity index (χ1) is 18.5. The van der Waals surface area contributed by atoms with Gasteiger partial charge in [-0.3, -0.25) is 23.6 Å². The van der Waals surface area contributed by atoms with Gasteiger partial charge in [0, 0.05) is 37.4 Å². The summed E-state index contributed by atoms with van der Waals surface area (Å²) in [7, 11) is 0. The third-order valence-corrected chi connectivity index (χ3v) is 7.58. The van der Waals surface area contributed by atoms with E-state index >= 15 is 0 Å². The first kappa shape index (κ1) is 29.5. The normalized spacial score (nSPS) is 20.6. The van der Waals surface area contributed by atoms with E-state index in [0.29, 0.717) is 29.6 Å². The lowest BCUT2D eigenvalue weighted by Crippen LogP contribution is -2.45. The number of carbonyl (C=O) groups excluding carboxylic acids is 2. The van der Waals surface area contributed by atoms with Crippen molar-refractivity contribution in [1.29, 1.82) is 0 Å². The molecule has 0 unspecified atom stereocenters. The van der Waals surface area contributed by atoms with Gasteiger partial charge < -0.3 is 5.32 Å². The lowest BCUT2D eigenvalue weighted by atomic mass is 9.89. The van der Waals surface area contributed by atoms with Crippen molar-refractivity contribution in [1.82, 2.24) is 24.0 Å². The molecule has 3 heterocycles. The molecule has 2 aliphatic rings. The lowest BCUT2D eigenvalue weighted by Gasteiger charge is -2.34. The van der Waals surface area contributed by atoms with Crippen LogP contribution in [0.3, 0.4) is 0 Å². The summed E-state index contributed by atoms with van der Waals surface area (Å²) in [6, 6.07) is 7.61. The maximum atomic E-state index is 13.6. The van der Waals surface area contributed by atoms with Crippen molar-refractivity contribution in [3.63, 3.8) is 0 Å². The smallest absolute Gasteiger partial charge is 0.333 e. The Kier molecular flexibility index (Phi) is 8.49. The highest BCUT2D eigenvalue weighted by atomic mass is 35.5. The molecule has 9 nitrogen and oxygen atoms in total. The maximum Gasteiger partial charge on any atom is 0.333 e. The van der Waals surface area contributed by atoms with Crippen LogP contribution in [0, 0.1) is 17.2 Å². The molecular weight excluding hydrogens is 535 g/mol. The van der Waals surface area contributed by atoms with Crippen molar-refractivity contribution >= 4 is 30.2 Å². The quantitative estimate of drug-likeness (QED) is 0.409. The molecule has 1 aliphatic heterocycles. The van der Waals surface area contributed by atoms with E-state index in [4.69, 9.17) is 4.98 Å². The van der Waals surface area contributed by atoms with Gasteiger partial charge in [0.05, 0.1) is 22.5 Å². The predicted octanol–water partition coefficient (Wildman–Crippen LogP) is 4.82. The number of hydrogen-bond acceptors (Lipinski definition) is 6. The molecule has 1 aromatic carbocycles. The van der Waals surface area contributed by atoms with Gasteiger partial charge in [-0.2, -0.15) is 0 Å². The molecule has 3 aromatic rings. The van der Waals surface area contributed by atoms with E-state index in [1.54, 1.807) is 39.7 Å². The minimum Gasteiger partial charge on any atom is -0.351 e. The van der Waals surface area contributed by atoms with Gasteiger partial charge in [-0.15, -0.1) is 12.4 Å². The average Bonchev–Trinajstić information content (AvgIpc) is 3.31. The maximum absolute atomic E-state index is 13.6. The fraction of sp³-hybridized carbons (Fsp3) is 0.483. The van der Waals surface area contributed by atoms with Crippen molar-refractivity contribution in [2.75, 3.05) is 5.32 Å². The van der Waals surface area contributed by atoms with Crippen LogP contribution in [0.5, 0.6) is 0 Å². The van der Waals surface area contributed by atoms with Crippen LogP contribution in [-0.2, 0) is 16.1 Å². The van der Waals surface area contributed by atoms with Gasteiger partial charge in [0.25, 0.3) is 0 Å². The lowest BCUT2D eigenvalue weighted by molar-refractivity contribution is -0.144. The van der Waals surface area contributed by atoms with E-state index in [1.807, 2.05) is 27.7 Å². The van der Waals surface area contributed by atoms with Crippen molar-refractivity contribution in [3.8, 4) is 17.1 Å². The van der Waals surface area contributed by atoms with Crippen molar-refractivity contribution in [3.05, 3.63) is 59.0 Å². The Morgan fingerprint density at radius 1 is 1.05 bits per heavy atom. The van der Waals surface area contributed by atoms with Gasteiger partial charge in [-0.05, 0) is 61.9 Å². The number of aromatic nitrogens is 4. The second kappa shape index (κ2) is 11.5. The number of hydrogen-bond donors (Lipinski definition) is 1. The van der Waals surface area contributed by atoms with Crippen LogP contribution in [-0.4, -0.2) is 47.9 Å². The molecule has 1 saturated heterocycles. The number of anilines is 1. The Morgan fingerprint density at radius 3 is 2.33 bits per heavy atom. The fourth-order valence-corrected chi connectivity index (χ4v) is 5.62. The summed E-state index contributed by atoms with van der Waals surface area (Å²) in [5.41, 5.74) is 0.879. The fourth-order valence-electron chi connectivity index (χ4n) is 5.62.